The first-order chi connectivity index (χ1) is 12.0. The molecule has 3 rings (SSSR count). The first-order valence-corrected chi connectivity index (χ1v) is 9.22. The van der Waals surface area contributed by atoms with Crippen molar-refractivity contribution >= 4 is 35.3 Å². The van der Waals surface area contributed by atoms with Gasteiger partial charge in [0.05, 0.1) is 5.25 Å². The number of amides is 3. The van der Waals surface area contributed by atoms with E-state index < -0.39 is 5.25 Å². The van der Waals surface area contributed by atoms with Gasteiger partial charge in [-0.2, -0.15) is 0 Å². The van der Waals surface area contributed by atoms with Crippen LogP contribution >= 0.6 is 23.4 Å². The summed E-state index contributed by atoms with van der Waals surface area (Å²) in [5.74, 6) is 0.473. The quantitative estimate of drug-likeness (QED) is 0.808. The topological polar surface area (TPSA) is 80.1 Å². The van der Waals surface area contributed by atoms with Crippen molar-refractivity contribution in [3.8, 4) is 11.4 Å². The monoisotopic (exact) mass is 379 g/mol. The maximum Gasteiger partial charge on any atom is 0.324 e. The van der Waals surface area contributed by atoms with Crippen LogP contribution in [0.3, 0.4) is 0 Å². The third kappa shape index (κ3) is 3.64. The van der Waals surface area contributed by atoms with E-state index in [0.29, 0.717) is 35.6 Å². The Kier molecular flexibility index (Phi) is 5.29. The summed E-state index contributed by atoms with van der Waals surface area (Å²) in [4.78, 5) is 25.3. The van der Waals surface area contributed by atoms with Crippen molar-refractivity contribution in [1.29, 1.82) is 0 Å². The minimum atomic E-state index is -0.439. The minimum absolute atomic E-state index is 0.227. The number of hydrogen-bond donors (Lipinski definition) is 1. The summed E-state index contributed by atoms with van der Waals surface area (Å²) in [7, 11) is 0. The fourth-order valence-corrected chi connectivity index (χ4v) is 3.78. The van der Waals surface area contributed by atoms with Crippen LogP contribution in [0, 0.1) is 0 Å². The molecule has 0 unspecified atom stereocenters. The van der Waals surface area contributed by atoms with E-state index in [1.807, 2.05) is 29.7 Å². The summed E-state index contributed by atoms with van der Waals surface area (Å²) in [6.45, 7) is 5.30. The normalized spacial score (nSPS) is 15.3. The zero-order valence-electron chi connectivity index (χ0n) is 13.9. The molecule has 1 aromatic carbocycles. The Balaban J connectivity index is 1.81. The minimum Gasteiger partial charge on any atom is -0.336 e. The molecule has 0 aliphatic carbocycles. The van der Waals surface area contributed by atoms with Gasteiger partial charge in [-0.1, -0.05) is 35.5 Å². The number of nitrogens with one attached hydrogen (secondary N) is 1. The fourth-order valence-electron chi connectivity index (χ4n) is 2.61. The highest BCUT2D eigenvalue weighted by atomic mass is 35.5. The summed E-state index contributed by atoms with van der Waals surface area (Å²) in [6, 6.07) is 7.07. The Morgan fingerprint density at radius 3 is 2.88 bits per heavy atom. The van der Waals surface area contributed by atoms with Gasteiger partial charge in [0.2, 0.25) is 5.91 Å². The Morgan fingerprint density at radius 1 is 1.44 bits per heavy atom. The molecule has 9 heteroatoms. The molecule has 2 heterocycles. The Bertz CT molecular complexity index is 810. The molecule has 0 saturated carbocycles. The summed E-state index contributed by atoms with van der Waals surface area (Å²) in [6.07, 6.45) is 0. The molecular formula is C16H18ClN5O2S. The summed E-state index contributed by atoms with van der Waals surface area (Å²) in [5, 5.41) is 11.9. The van der Waals surface area contributed by atoms with E-state index in [-0.39, 0.29) is 11.9 Å². The van der Waals surface area contributed by atoms with E-state index in [0.717, 1.165) is 5.56 Å². The number of hydrogen-bond acceptors (Lipinski definition) is 5. The first kappa shape index (κ1) is 17.8. The van der Waals surface area contributed by atoms with Crippen LogP contribution in [-0.2, 0) is 11.3 Å². The second kappa shape index (κ2) is 7.45. The van der Waals surface area contributed by atoms with Crippen molar-refractivity contribution in [3.05, 3.63) is 29.3 Å². The molecule has 1 aliphatic heterocycles. The summed E-state index contributed by atoms with van der Waals surface area (Å²) in [5.41, 5.74) is 0.867. The molecule has 1 N–H and O–H groups in total. The standard InChI is InChI=1S/C16H18ClN5O2S/c1-3-21-13(11-5-4-6-12(17)9-11)19-20-16(21)25-10(2)14(23)22-8-7-18-15(22)24/h4-6,9-10H,3,7-8H2,1-2H3,(H,18,24)/t10-/m0/s1. The molecule has 1 aliphatic rings. The molecule has 3 amide bonds. The fraction of sp³-hybridized carbons (Fsp3) is 0.375. The highest BCUT2D eigenvalue weighted by Gasteiger charge is 2.31. The largest absolute Gasteiger partial charge is 0.336 e. The molecular weight excluding hydrogens is 362 g/mol. The van der Waals surface area contributed by atoms with Gasteiger partial charge in [-0.15, -0.1) is 10.2 Å². The highest BCUT2D eigenvalue weighted by Crippen LogP contribution is 2.28. The van der Waals surface area contributed by atoms with Crippen molar-refractivity contribution in [1.82, 2.24) is 25.0 Å². The van der Waals surface area contributed by atoms with Crippen molar-refractivity contribution in [2.75, 3.05) is 13.1 Å². The third-order valence-electron chi connectivity index (χ3n) is 3.87. The van der Waals surface area contributed by atoms with Gasteiger partial charge >= 0.3 is 6.03 Å². The van der Waals surface area contributed by atoms with Gasteiger partial charge in [0.25, 0.3) is 0 Å². The molecule has 0 bridgehead atoms. The molecule has 25 heavy (non-hydrogen) atoms. The van der Waals surface area contributed by atoms with E-state index in [4.69, 9.17) is 11.6 Å². The number of thioether (sulfide) groups is 1. The Labute approximate surface area is 154 Å². The van der Waals surface area contributed by atoms with Gasteiger partial charge in [0, 0.05) is 30.2 Å². The lowest BCUT2D eigenvalue weighted by Crippen LogP contribution is -2.39. The van der Waals surface area contributed by atoms with Gasteiger partial charge < -0.3 is 9.88 Å². The molecule has 0 spiro atoms. The van der Waals surface area contributed by atoms with E-state index in [1.165, 1.54) is 16.7 Å². The lowest BCUT2D eigenvalue weighted by molar-refractivity contribution is -0.126. The van der Waals surface area contributed by atoms with Crippen LogP contribution in [0.15, 0.2) is 29.4 Å². The van der Waals surface area contributed by atoms with Crippen molar-refractivity contribution < 1.29 is 9.59 Å². The van der Waals surface area contributed by atoms with Gasteiger partial charge in [-0.25, -0.2) is 4.79 Å². The number of benzene rings is 1. The maximum atomic E-state index is 12.5. The molecule has 132 valence electrons. The zero-order chi connectivity index (χ0) is 18.0. The third-order valence-corrected chi connectivity index (χ3v) is 5.17. The van der Waals surface area contributed by atoms with Crippen LogP contribution in [-0.4, -0.2) is 49.9 Å². The number of carbonyl (C=O) groups is 2. The number of imide groups is 1. The van der Waals surface area contributed by atoms with E-state index in [9.17, 15) is 9.59 Å². The SMILES string of the molecule is CCn1c(S[C@@H](C)C(=O)N2CCNC2=O)nnc1-c1cccc(Cl)c1. The van der Waals surface area contributed by atoms with Gasteiger partial charge in [-0.05, 0) is 26.0 Å². The van der Waals surface area contributed by atoms with Crippen LogP contribution in [0.5, 0.6) is 0 Å². The van der Waals surface area contributed by atoms with Crippen LogP contribution in [0.4, 0.5) is 4.79 Å². The van der Waals surface area contributed by atoms with E-state index >= 15 is 0 Å². The summed E-state index contributed by atoms with van der Waals surface area (Å²) >= 11 is 7.36. The average Bonchev–Trinajstić information content (AvgIpc) is 3.20. The molecule has 1 fully saturated rings. The van der Waals surface area contributed by atoms with Crippen molar-refractivity contribution in [2.24, 2.45) is 0 Å². The molecule has 1 saturated heterocycles. The van der Waals surface area contributed by atoms with Crippen LogP contribution in [0.25, 0.3) is 11.4 Å². The number of nitrogens with zero attached hydrogens (tertiary/aromatic N) is 4. The maximum absolute atomic E-state index is 12.5. The van der Waals surface area contributed by atoms with Crippen LogP contribution < -0.4 is 5.32 Å². The number of aromatic nitrogens is 3. The first-order valence-electron chi connectivity index (χ1n) is 7.96. The second-order valence-corrected chi connectivity index (χ2v) is 7.29. The Morgan fingerprint density at radius 2 is 2.24 bits per heavy atom. The number of halogens is 1. The number of urea groups is 1. The van der Waals surface area contributed by atoms with E-state index in [1.54, 1.807) is 13.0 Å². The van der Waals surface area contributed by atoms with Gasteiger partial charge in [0.1, 0.15) is 0 Å². The number of carbonyl (C=O) groups excluding carboxylic acids is 2. The predicted molar refractivity (Wildman–Crippen MR) is 96.6 cm³/mol. The molecule has 0 radical (unpaired) electrons. The smallest absolute Gasteiger partial charge is 0.324 e. The molecule has 1 aromatic heterocycles. The highest BCUT2D eigenvalue weighted by molar-refractivity contribution is 8.00. The average molecular weight is 380 g/mol. The van der Waals surface area contributed by atoms with Crippen LogP contribution in [0.2, 0.25) is 5.02 Å². The van der Waals surface area contributed by atoms with E-state index in [2.05, 4.69) is 15.5 Å². The second-order valence-electron chi connectivity index (χ2n) is 5.54. The molecule has 7 nitrogen and oxygen atoms in total. The van der Waals surface area contributed by atoms with Gasteiger partial charge in [0.15, 0.2) is 11.0 Å². The zero-order valence-corrected chi connectivity index (χ0v) is 15.5. The van der Waals surface area contributed by atoms with Gasteiger partial charge in [-0.3, -0.25) is 9.69 Å². The van der Waals surface area contributed by atoms with Crippen molar-refractivity contribution in [2.45, 2.75) is 30.8 Å². The Hall–Kier alpha value is -2.06. The summed E-state index contributed by atoms with van der Waals surface area (Å²) < 4.78 is 1.93. The van der Waals surface area contributed by atoms with Crippen LogP contribution in [0.1, 0.15) is 13.8 Å². The lowest BCUT2D eigenvalue weighted by atomic mass is 10.2. The molecule has 1 atom stereocenters. The predicted octanol–water partition coefficient (Wildman–Crippen LogP) is 2.65. The molecule has 2 aromatic rings. The van der Waals surface area contributed by atoms with Crippen molar-refractivity contribution in [3.63, 3.8) is 0 Å². The lowest BCUT2D eigenvalue weighted by Gasteiger charge is -2.17. The number of rotatable bonds is 5.